The van der Waals surface area contributed by atoms with Gasteiger partial charge in [0.25, 0.3) is 0 Å². The summed E-state index contributed by atoms with van der Waals surface area (Å²) in [5.41, 5.74) is 8.00. The van der Waals surface area contributed by atoms with Crippen LogP contribution in [-0.2, 0) is 11.2 Å². The van der Waals surface area contributed by atoms with E-state index in [9.17, 15) is 14.3 Å². The van der Waals surface area contributed by atoms with Gasteiger partial charge < -0.3 is 21.1 Å². The van der Waals surface area contributed by atoms with Crippen LogP contribution in [0.4, 0.5) is 16.0 Å². The number of nitrogens with zero attached hydrogens (tertiary/aromatic N) is 3. The summed E-state index contributed by atoms with van der Waals surface area (Å²) in [6, 6.07) is 13.8. The number of benzene rings is 1. The fraction of sp³-hybridized carbons (Fsp3) is 0.320. The van der Waals surface area contributed by atoms with Gasteiger partial charge in [-0.25, -0.2) is 9.37 Å². The second kappa shape index (κ2) is 10.4. The molecule has 172 valence electrons. The van der Waals surface area contributed by atoms with Gasteiger partial charge in [-0.1, -0.05) is 24.3 Å². The molecule has 1 aromatic carbocycles. The van der Waals surface area contributed by atoms with Crippen LogP contribution in [0, 0.1) is 5.82 Å². The zero-order valence-corrected chi connectivity index (χ0v) is 18.3. The van der Waals surface area contributed by atoms with Crippen molar-refractivity contribution >= 4 is 17.5 Å². The molecule has 3 heterocycles. The van der Waals surface area contributed by atoms with Gasteiger partial charge in [0.15, 0.2) is 0 Å². The third-order valence-corrected chi connectivity index (χ3v) is 6.00. The summed E-state index contributed by atoms with van der Waals surface area (Å²) in [7, 11) is 0. The number of halogens is 1. The lowest BCUT2D eigenvalue weighted by Gasteiger charge is -2.26. The van der Waals surface area contributed by atoms with Gasteiger partial charge in [0, 0.05) is 31.0 Å². The summed E-state index contributed by atoms with van der Waals surface area (Å²) in [6.07, 6.45) is 5.74. The Morgan fingerprint density at radius 2 is 2.15 bits per heavy atom. The minimum Gasteiger partial charge on any atom is -0.394 e. The van der Waals surface area contributed by atoms with E-state index in [1.807, 2.05) is 24.3 Å². The molecule has 2 atom stereocenters. The van der Waals surface area contributed by atoms with Crippen molar-refractivity contribution in [2.75, 3.05) is 29.9 Å². The van der Waals surface area contributed by atoms with Crippen LogP contribution in [0.1, 0.15) is 35.4 Å². The number of aliphatic hydroxyl groups is 1. The standard InChI is InChI=1S/C25H28FN5O2/c26-19-6-1-4-17(14-19)10-12-29-25-21(23(24(27)33)18-5-2-11-28-15-18)8-9-22(30-25)31-13-3-7-20(31)16-32/h1-2,4-6,8-9,11,14-15,20,23,32H,3,7,10,12-13,16H2,(H2,27,33)(H,29,30)/t20-,23?/m1/s1. The number of pyridine rings is 2. The van der Waals surface area contributed by atoms with E-state index in [0.717, 1.165) is 30.8 Å². The van der Waals surface area contributed by atoms with Crippen LogP contribution in [0.15, 0.2) is 60.9 Å². The quantitative estimate of drug-likeness (QED) is 0.464. The lowest BCUT2D eigenvalue weighted by atomic mass is 9.92. The zero-order chi connectivity index (χ0) is 23.2. The summed E-state index contributed by atoms with van der Waals surface area (Å²) in [5.74, 6) is -0.217. The minimum absolute atomic E-state index is 0.0220. The molecule has 1 saturated heterocycles. The molecule has 2 aromatic heterocycles. The normalized spacial score (nSPS) is 16.5. The maximum absolute atomic E-state index is 13.5. The van der Waals surface area contributed by atoms with Crippen molar-refractivity contribution in [3.05, 3.63) is 83.4 Å². The predicted octanol–water partition coefficient (Wildman–Crippen LogP) is 2.85. The Kier molecular flexibility index (Phi) is 7.14. The molecule has 0 bridgehead atoms. The molecule has 1 fully saturated rings. The SMILES string of the molecule is NC(=O)C(c1cccnc1)c1ccc(N2CCC[C@@H]2CO)nc1NCCc1cccc(F)c1. The lowest BCUT2D eigenvalue weighted by Crippen LogP contribution is -2.33. The highest BCUT2D eigenvalue weighted by Crippen LogP contribution is 2.33. The maximum atomic E-state index is 13.5. The van der Waals surface area contributed by atoms with E-state index in [0.29, 0.717) is 29.9 Å². The fourth-order valence-corrected chi connectivity index (χ4v) is 4.38. The van der Waals surface area contributed by atoms with Crippen LogP contribution in [-0.4, -0.2) is 46.7 Å². The van der Waals surface area contributed by atoms with Crippen LogP contribution in [0.5, 0.6) is 0 Å². The molecule has 1 amide bonds. The molecule has 33 heavy (non-hydrogen) atoms. The Hall–Kier alpha value is -3.52. The number of rotatable bonds is 9. The largest absolute Gasteiger partial charge is 0.394 e. The second-order valence-corrected chi connectivity index (χ2v) is 8.21. The molecule has 0 saturated carbocycles. The molecule has 7 nitrogen and oxygen atoms in total. The maximum Gasteiger partial charge on any atom is 0.229 e. The monoisotopic (exact) mass is 449 g/mol. The predicted molar refractivity (Wildman–Crippen MR) is 126 cm³/mol. The number of carbonyl (C=O) groups excluding carboxylic acids is 1. The molecule has 1 aliphatic heterocycles. The molecule has 4 rings (SSSR count). The van der Waals surface area contributed by atoms with Gasteiger partial charge in [0.1, 0.15) is 17.5 Å². The number of hydrogen-bond acceptors (Lipinski definition) is 6. The van der Waals surface area contributed by atoms with Crippen molar-refractivity contribution < 1.29 is 14.3 Å². The van der Waals surface area contributed by atoms with Gasteiger partial charge in [-0.15, -0.1) is 0 Å². The van der Waals surface area contributed by atoms with Gasteiger partial charge in [0.05, 0.1) is 18.6 Å². The van der Waals surface area contributed by atoms with Crippen LogP contribution in [0.3, 0.4) is 0 Å². The second-order valence-electron chi connectivity index (χ2n) is 8.21. The molecule has 0 radical (unpaired) electrons. The smallest absolute Gasteiger partial charge is 0.229 e. The Morgan fingerprint density at radius 1 is 1.27 bits per heavy atom. The van der Waals surface area contributed by atoms with E-state index in [-0.39, 0.29) is 18.5 Å². The van der Waals surface area contributed by atoms with E-state index < -0.39 is 11.8 Å². The Balaban J connectivity index is 1.66. The first kappa shape index (κ1) is 22.7. The summed E-state index contributed by atoms with van der Waals surface area (Å²) in [4.78, 5) is 23.5. The molecule has 8 heteroatoms. The van der Waals surface area contributed by atoms with E-state index >= 15 is 0 Å². The first-order chi connectivity index (χ1) is 16.1. The number of carbonyl (C=O) groups is 1. The fourth-order valence-electron chi connectivity index (χ4n) is 4.38. The lowest BCUT2D eigenvalue weighted by molar-refractivity contribution is -0.118. The Bertz CT molecular complexity index is 1100. The molecular formula is C25H28FN5O2. The van der Waals surface area contributed by atoms with E-state index in [1.165, 1.54) is 12.1 Å². The first-order valence-corrected chi connectivity index (χ1v) is 11.1. The highest BCUT2D eigenvalue weighted by Gasteiger charge is 2.28. The third kappa shape index (κ3) is 5.28. The van der Waals surface area contributed by atoms with Gasteiger partial charge in [-0.05, 0) is 54.7 Å². The van der Waals surface area contributed by atoms with Crippen molar-refractivity contribution in [1.82, 2.24) is 9.97 Å². The molecule has 4 N–H and O–H groups in total. The summed E-state index contributed by atoms with van der Waals surface area (Å²) < 4.78 is 13.5. The van der Waals surface area contributed by atoms with Gasteiger partial charge in [-0.3, -0.25) is 9.78 Å². The van der Waals surface area contributed by atoms with Crippen molar-refractivity contribution in [2.45, 2.75) is 31.2 Å². The molecule has 3 aromatic rings. The topological polar surface area (TPSA) is 104 Å². The number of primary amides is 1. The average Bonchev–Trinajstić information content (AvgIpc) is 3.30. The van der Waals surface area contributed by atoms with Gasteiger partial charge >= 0.3 is 0 Å². The number of nitrogens with two attached hydrogens (primary N) is 1. The Morgan fingerprint density at radius 3 is 2.88 bits per heavy atom. The number of hydrogen-bond donors (Lipinski definition) is 3. The van der Waals surface area contributed by atoms with E-state index in [4.69, 9.17) is 10.7 Å². The Labute approximate surface area is 192 Å². The number of aromatic nitrogens is 2. The summed E-state index contributed by atoms with van der Waals surface area (Å²) >= 11 is 0. The molecular weight excluding hydrogens is 421 g/mol. The molecule has 1 unspecified atom stereocenters. The van der Waals surface area contributed by atoms with Crippen LogP contribution in [0.25, 0.3) is 0 Å². The highest BCUT2D eigenvalue weighted by molar-refractivity contribution is 5.87. The molecule has 0 spiro atoms. The van der Waals surface area contributed by atoms with Crippen LogP contribution >= 0.6 is 0 Å². The van der Waals surface area contributed by atoms with E-state index in [2.05, 4.69) is 15.2 Å². The zero-order valence-electron chi connectivity index (χ0n) is 18.3. The summed E-state index contributed by atoms with van der Waals surface area (Å²) in [6.45, 7) is 1.36. The van der Waals surface area contributed by atoms with Crippen molar-refractivity contribution in [3.63, 3.8) is 0 Å². The molecule has 0 aliphatic carbocycles. The summed E-state index contributed by atoms with van der Waals surface area (Å²) in [5, 5.41) is 13.1. The van der Waals surface area contributed by atoms with Gasteiger partial charge in [0.2, 0.25) is 5.91 Å². The third-order valence-electron chi connectivity index (χ3n) is 6.00. The van der Waals surface area contributed by atoms with E-state index in [1.54, 1.807) is 24.5 Å². The van der Waals surface area contributed by atoms with Crippen LogP contribution < -0.4 is 16.0 Å². The van der Waals surface area contributed by atoms with Crippen molar-refractivity contribution in [1.29, 1.82) is 0 Å². The number of nitrogens with one attached hydrogen (secondary N) is 1. The number of amides is 1. The number of aliphatic hydroxyl groups excluding tert-OH is 1. The average molecular weight is 450 g/mol. The van der Waals surface area contributed by atoms with Crippen LogP contribution in [0.2, 0.25) is 0 Å². The molecule has 1 aliphatic rings. The first-order valence-electron chi connectivity index (χ1n) is 11.1. The van der Waals surface area contributed by atoms with Gasteiger partial charge in [-0.2, -0.15) is 0 Å². The number of anilines is 2. The van der Waals surface area contributed by atoms with Crippen molar-refractivity contribution in [2.24, 2.45) is 5.73 Å². The highest BCUT2D eigenvalue weighted by atomic mass is 19.1. The van der Waals surface area contributed by atoms with Crippen molar-refractivity contribution in [3.8, 4) is 0 Å². The minimum atomic E-state index is -0.718.